The Kier molecular flexibility index (Phi) is 4.43. The molecule has 0 fully saturated rings. The molecule has 0 bridgehead atoms. The molecular formula is C16H17ClFN. The van der Waals surface area contributed by atoms with Gasteiger partial charge in [0, 0.05) is 10.7 Å². The van der Waals surface area contributed by atoms with Gasteiger partial charge >= 0.3 is 0 Å². The van der Waals surface area contributed by atoms with Gasteiger partial charge in [-0.3, -0.25) is 0 Å². The van der Waals surface area contributed by atoms with Crippen molar-refractivity contribution in [3.63, 3.8) is 0 Å². The van der Waals surface area contributed by atoms with Crippen LogP contribution in [0.25, 0.3) is 0 Å². The lowest BCUT2D eigenvalue weighted by atomic mass is 10.0. The quantitative estimate of drug-likeness (QED) is 0.794. The standard InChI is InChI=1S/C16H17ClFN/c1-3-15(12-5-4-6-14(18)9-12)19-16-10-13(17)8-7-11(16)2/h4-10,15,19H,3H2,1-2H3. The normalized spacial score (nSPS) is 12.2. The largest absolute Gasteiger partial charge is 0.378 e. The van der Waals surface area contributed by atoms with Gasteiger partial charge in [-0.25, -0.2) is 4.39 Å². The molecule has 19 heavy (non-hydrogen) atoms. The molecule has 0 saturated heterocycles. The Hall–Kier alpha value is -1.54. The van der Waals surface area contributed by atoms with Crippen molar-refractivity contribution in [3.05, 3.63) is 64.4 Å². The number of aryl methyl sites for hydroxylation is 1. The number of benzene rings is 2. The molecule has 0 saturated carbocycles. The summed E-state index contributed by atoms with van der Waals surface area (Å²) in [4.78, 5) is 0. The van der Waals surface area contributed by atoms with Crippen molar-refractivity contribution in [1.82, 2.24) is 0 Å². The molecule has 1 N–H and O–H groups in total. The summed E-state index contributed by atoms with van der Waals surface area (Å²) in [6.45, 7) is 4.10. The van der Waals surface area contributed by atoms with Crippen LogP contribution in [0.2, 0.25) is 5.02 Å². The van der Waals surface area contributed by atoms with Gasteiger partial charge in [0.2, 0.25) is 0 Å². The lowest BCUT2D eigenvalue weighted by molar-refractivity contribution is 0.621. The predicted octanol–water partition coefficient (Wildman–Crippen LogP) is 5.35. The number of anilines is 1. The molecule has 0 aliphatic carbocycles. The van der Waals surface area contributed by atoms with Gasteiger partial charge in [-0.1, -0.05) is 36.7 Å². The topological polar surface area (TPSA) is 12.0 Å². The molecule has 0 aliphatic heterocycles. The highest BCUT2D eigenvalue weighted by atomic mass is 35.5. The zero-order valence-corrected chi connectivity index (χ0v) is 11.8. The molecule has 1 atom stereocenters. The van der Waals surface area contributed by atoms with Crippen molar-refractivity contribution in [2.75, 3.05) is 5.32 Å². The number of halogens is 2. The summed E-state index contributed by atoms with van der Waals surface area (Å²) in [7, 11) is 0. The third-order valence-electron chi connectivity index (χ3n) is 3.19. The van der Waals surface area contributed by atoms with E-state index in [0.717, 1.165) is 23.2 Å². The zero-order valence-electron chi connectivity index (χ0n) is 11.1. The minimum atomic E-state index is -0.208. The van der Waals surface area contributed by atoms with Crippen LogP contribution in [0.5, 0.6) is 0 Å². The summed E-state index contributed by atoms with van der Waals surface area (Å²) in [5, 5.41) is 4.13. The van der Waals surface area contributed by atoms with Crippen LogP contribution in [0.1, 0.15) is 30.5 Å². The Morgan fingerprint density at radius 2 is 2.00 bits per heavy atom. The van der Waals surface area contributed by atoms with Gasteiger partial charge in [0.05, 0.1) is 6.04 Å². The molecule has 0 amide bonds. The summed E-state index contributed by atoms with van der Waals surface area (Å²) in [5.41, 5.74) is 3.06. The second-order valence-corrected chi connectivity index (χ2v) is 5.06. The average molecular weight is 278 g/mol. The fourth-order valence-corrected chi connectivity index (χ4v) is 2.25. The second kappa shape index (κ2) is 6.07. The summed E-state index contributed by atoms with van der Waals surface area (Å²) < 4.78 is 13.3. The van der Waals surface area contributed by atoms with E-state index in [-0.39, 0.29) is 11.9 Å². The molecule has 2 aromatic rings. The average Bonchev–Trinajstić information content (AvgIpc) is 2.39. The van der Waals surface area contributed by atoms with E-state index >= 15 is 0 Å². The van der Waals surface area contributed by atoms with Crippen molar-refractivity contribution in [1.29, 1.82) is 0 Å². The van der Waals surface area contributed by atoms with Crippen LogP contribution in [-0.4, -0.2) is 0 Å². The van der Waals surface area contributed by atoms with Crippen molar-refractivity contribution < 1.29 is 4.39 Å². The lowest BCUT2D eigenvalue weighted by Gasteiger charge is -2.20. The maximum atomic E-state index is 13.3. The van der Waals surface area contributed by atoms with Crippen LogP contribution >= 0.6 is 11.6 Å². The Labute approximate surface area is 118 Å². The fourth-order valence-electron chi connectivity index (χ4n) is 2.08. The van der Waals surface area contributed by atoms with Gasteiger partial charge in [0.1, 0.15) is 5.82 Å². The summed E-state index contributed by atoms with van der Waals surface area (Å²) in [6.07, 6.45) is 0.870. The number of rotatable bonds is 4. The van der Waals surface area contributed by atoms with Crippen molar-refractivity contribution in [3.8, 4) is 0 Å². The first-order valence-electron chi connectivity index (χ1n) is 6.38. The SMILES string of the molecule is CCC(Nc1cc(Cl)ccc1C)c1cccc(F)c1. The van der Waals surface area contributed by atoms with Crippen LogP contribution in [0.3, 0.4) is 0 Å². The molecule has 100 valence electrons. The third-order valence-corrected chi connectivity index (χ3v) is 3.42. The van der Waals surface area contributed by atoms with Gasteiger partial charge in [0.25, 0.3) is 0 Å². The van der Waals surface area contributed by atoms with Gasteiger partial charge in [-0.05, 0) is 48.7 Å². The number of hydrogen-bond donors (Lipinski definition) is 1. The minimum absolute atomic E-state index is 0.0767. The van der Waals surface area contributed by atoms with E-state index in [9.17, 15) is 4.39 Å². The van der Waals surface area contributed by atoms with Crippen molar-refractivity contribution in [2.24, 2.45) is 0 Å². The molecule has 3 heteroatoms. The third kappa shape index (κ3) is 3.48. The van der Waals surface area contributed by atoms with Crippen LogP contribution in [0.15, 0.2) is 42.5 Å². The van der Waals surface area contributed by atoms with Crippen LogP contribution < -0.4 is 5.32 Å². The molecule has 0 aliphatic rings. The monoisotopic (exact) mass is 277 g/mol. The summed E-state index contributed by atoms with van der Waals surface area (Å²) in [6, 6.07) is 12.5. The fraction of sp³-hybridized carbons (Fsp3) is 0.250. The molecule has 0 heterocycles. The van der Waals surface area contributed by atoms with E-state index in [2.05, 4.69) is 12.2 Å². The van der Waals surface area contributed by atoms with E-state index in [0.29, 0.717) is 5.02 Å². The first kappa shape index (κ1) is 13.9. The summed E-state index contributed by atoms with van der Waals surface area (Å²) in [5.74, 6) is -0.208. The molecule has 1 nitrogen and oxygen atoms in total. The molecule has 1 unspecified atom stereocenters. The molecule has 2 rings (SSSR count). The predicted molar refractivity (Wildman–Crippen MR) is 79.2 cm³/mol. The maximum absolute atomic E-state index is 13.3. The molecule has 0 radical (unpaired) electrons. The van der Waals surface area contributed by atoms with Crippen LogP contribution in [0.4, 0.5) is 10.1 Å². The van der Waals surface area contributed by atoms with Crippen LogP contribution in [0, 0.1) is 12.7 Å². The molecular weight excluding hydrogens is 261 g/mol. The Bertz CT molecular complexity index is 568. The highest BCUT2D eigenvalue weighted by molar-refractivity contribution is 6.30. The Balaban J connectivity index is 2.26. The summed E-state index contributed by atoms with van der Waals surface area (Å²) >= 11 is 6.01. The first-order valence-corrected chi connectivity index (χ1v) is 6.76. The number of nitrogens with one attached hydrogen (secondary N) is 1. The highest BCUT2D eigenvalue weighted by Gasteiger charge is 2.11. The van der Waals surface area contributed by atoms with Crippen LogP contribution in [-0.2, 0) is 0 Å². The van der Waals surface area contributed by atoms with Gasteiger partial charge < -0.3 is 5.32 Å². The van der Waals surface area contributed by atoms with Crippen molar-refractivity contribution in [2.45, 2.75) is 26.3 Å². The van der Waals surface area contributed by atoms with E-state index in [1.807, 2.05) is 31.2 Å². The Morgan fingerprint density at radius 3 is 2.68 bits per heavy atom. The van der Waals surface area contributed by atoms with Gasteiger partial charge in [-0.2, -0.15) is 0 Å². The van der Waals surface area contributed by atoms with Gasteiger partial charge in [-0.15, -0.1) is 0 Å². The Morgan fingerprint density at radius 1 is 1.21 bits per heavy atom. The first-order chi connectivity index (χ1) is 9.10. The highest BCUT2D eigenvalue weighted by Crippen LogP contribution is 2.27. The molecule has 0 aromatic heterocycles. The smallest absolute Gasteiger partial charge is 0.123 e. The zero-order chi connectivity index (χ0) is 13.8. The minimum Gasteiger partial charge on any atom is -0.378 e. The van der Waals surface area contributed by atoms with E-state index in [1.165, 1.54) is 6.07 Å². The van der Waals surface area contributed by atoms with E-state index in [1.54, 1.807) is 12.1 Å². The maximum Gasteiger partial charge on any atom is 0.123 e. The molecule has 2 aromatic carbocycles. The van der Waals surface area contributed by atoms with E-state index < -0.39 is 0 Å². The lowest BCUT2D eigenvalue weighted by Crippen LogP contribution is -2.10. The second-order valence-electron chi connectivity index (χ2n) is 4.62. The van der Waals surface area contributed by atoms with Gasteiger partial charge in [0.15, 0.2) is 0 Å². The molecule has 0 spiro atoms. The van der Waals surface area contributed by atoms with Crippen molar-refractivity contribution >= 4 is 17.3 Å². The van der Waals surface area contributed by atoms with E-state index in [4.69, 9.17) is 11.6 Å². The number of hydrogen-bond acceptors (Lipinski definition) is 1.